The number of aromatic carboxylic acids is 1. The number of nitrogens with zero attached hydrogens (tertiary/aromatic N) is 2. The van der Waals surface area contributed by atoms with Gasteiger partial charge < -0.3 is 5.11 Å². The van der Waals surface area contributed by atoms with Crippen LogP contribution in [0.2, 0.25) is 0 Å². The van der Waals surface area contributed by atoms with Gasteiger partial charge in [0.05, 0.1) is 11.4 Å². The molecule has 0 aliphatic rings. The minimum atomic E-state index is -0.993. The van der Waals surface area contributed by atoms with Crippen LogP contribution in [0.4, 0.5) is 4.39 Å². The molecule has 108 valence electrons. The smallest absolute Gasteiger partial charge is 0.354 e. The van der Waals surface area contributed by atoms with Crippen LogP contribution in [-0.4, -0.2) is 20.5 Å². The van der Waals surface area contributed by atoms with Crippen molar-refractivity contribution in [3.8, 4) is 11.3 Å². The van der Waals surface area contributed by atoms with E-state index in [1.165, 1.54) is 23.5 Å². The molecule has 0 unspecified atom stereocenters. The van der Waals surface area contributed by atoms with Gasteiger partial charge in [-0.05, 0) is 36.2 Å². The second-order valence-corrected chi connectivity index (χ2v) is 5.54. The number of hydrogen-bond donors (Lipinski definition) is 1. The van der Waals surface area contributed by atoms with Gasteiger partial charge in [0.1, 0.15) is 5.82 Å². The van der Waals surface area contributed by atoms with Crippen molar-refractivity contribution >= 4 is 22.3 Å². The van der Waals surface area contributed by atoms with E-state index in [4.69, 9.17) is 0 Å². The Balaban J connectivity index is 2.24. The molecule has 3 aromatic rings. The van der Waals surface area contributed by atoms with Gasteiger partial charge in [-0.1, -0.05) is 13.3 Å². The second-order valence-electron chi connectivity index (χ2n) is 4.71. The predicted molar refractivity (Wildman–Crippen MR) is 79.4 cm³/mol. The Morgan fingerprint density at radius 3 is 2.71 bits per heavy atom. The highest BCUT2D eigenvalue weighted by Gasteiger charge is 2.21. The molecule has 0 aliphatic heterocycles. The van der Waals surface area contributed by atoms with Crippen LogP contribution in [0.25, 0.3) is 16.2 Å². The summed E-state index contributed by atoms with van der Waals surface area (Å²) >= 11 is 1.39. The van der Waals surface area contributed by atoms with Crippen molar-refractivity contribution in [1.82, 2.24) is 9.38 Å². The van der Waals surface area contributed by atoms with Gasteiger partial charge in [-0.2, -0.15) is 0 Å². The molecule has 1 N–H and O–H groups in total. The van der Waals surface area contributed by atoms with E-state index < -0.39 is 5.97 Å². The quantitative estimate of drug-likeness (QED) is 0.796. The summed E-state index contributed by atoms with van der Waals surface area (Å²) in [4.78, 5) is 16.7. The van der Waals surface area contributed by atoms with Crippen LogP contribution in [-0.2, 0) is 6.42 Å². The molecule has 21 heavy (non-hydrogen) atoms. The molecule has 0 saturated carbocycles. The third kappa shape index (κ3) is 2.31. The molecule has 2 heterocycles. The fourth-order valence-corrected chi connectivity index (χ4v) is 3.27. The van der Waals surface area contributed by atoms with Crippen molar-refractivity contribution in [1.29, 1.82) is 0 Å². The van der Waals surface area contributed by atoms with Crippen LogP contribution in [0.1, 0.15) is 29.5 Å². The van der Waals surface area contributed by atoms with Gasteiger partial charge in [0.15, 0.2) is 10.7 Å². The van der Waals surface area contributed by atoms with E-state index in [-0.39, 0.29) is 11.5 Å². The topological polar surface area (TPSA) is 54.6 Å². The lowest BCUT2D eigenvalue weighted by atomic mass is 10.1. The maximum Gasteiger partial charge on any atom is 0.354 e. The number of aryl methyl sites for hydroxylation is 1. The first kappa shape index (κ1) is 13.8. The van der Waals surface area contributed by atoms with Crippen molar-refractivity contribution in [3.05, 3.63) is 46.9 Å². The minimum Gasteiger partial charge on any atom is -0.477 e. The SMILES string of the molecule is CCCc1nc2scc(-c3ccc(F)cc3)n2c1C(=O)O. The van der Waals surface area contributed by atoms with Gasteiger partial charge in [0.2, 0.25) is 0 Å². The zero-order valence-electron chi connectivity index (χ0n) is 11.3. The van der Waals surface area contributed by atoms with Crippen molar-refractivity contribution < 1.29 is 14.3 Å². The first-order valence-electron chi connectivity index (χ1n) is 6.60. The fraction of sp³-hybridized carbons (Fsp3) is 0.200. The summed E-state index contributed by atoms with van der Waals surface area (Å²) < 4.78 is 14.7. The van der Waals surface area contributed by atoms with E-state index in [1.54, 1.807) is 16.5 Å². The van der Waals surface area contributed by atoms with E-state index in [2.05, 4.69) is 4.98 Å². The third-order valence-corrected chi connectivity index (χ3v) is 4.09. The van der Waals surface area contributed by atoms with Crippen molar-refractivity contribution in [2.24, 2.45) is 0 Å². The van der Waals surface area contributed by atoms with Crippen molar-refractivity contribution in [2.45, 2.75) is 19.8 Å². The zero-order chi connectivity index (χ0) is 15.0. The number of carboxylic acids is 1. The standard InChI is InChI=1S/C15H13FN2O2S/c1-2-3-11-13(14(19)20)18-12(8-21-15(18)17-11)9-4-6-10(16)7-5-9/h4-8H,2-3H2,1H3,(H,19,20). The number of hydrogen-bond acceptors (Lipinski definition) is 3. The van der Waals surface area contributed by atoms with E-state index >= 15 is 0 Å². The molecule has 0 aliphatic carbocycles. The molecule has 0 bridgehead atoms. The fourth-order valence-electron chi connectivity index (χ4n) is 2.35. The largest absolute Gasteiger partial charge is 0.477 e. The van der Waals surface area contributed by atoms with Gasteiger partial charge >= 0.3 is 5.97 Å². The average molecular weight is 304 g/mol. The molecular formula is C15H13FN2O2S. The van der Waals surface area contributed by atoms with Crippen LogP contribution in [0.5, 0.6) is 0 Å². The lowest BCUT2D eigenvalue weighted by Crippen LogP contribution is -2.06. The predicted octanol–water partition coefficient (Wildman–Crippen LogP) is 3.85. The van der Waals surface area contributed by atoms with E-state index in [1.807, 2.05) is 12.3 Å². The van der Waals surface area contributed by atoms with Crippen LogP contribution in [0.3, 0.4) is 0 Å². The Kier molecular flexibility index (Phi) is 3.47. The zero-order valence-corrected chi connectivity index (χ0v) is 12.2. The molecule has 0 radical (unpaired) electrons. The molecule has 3 rings (SSSR count). The summed E-state index contributed by atoms with van der Waals surface area (Å²) in [5, 5.41) is 11.3. The third-order valence-electron chi connectivity index (χ3n) is 3.27. The summed E-state index contributed by atoms with van der Waals surface area (Å²) in [6.07, 6.45) is 1.45. The second kappa shape index (κ2) is 5.29. The number of imidazole rings is 1. The molecule has 6 heteroatoms. The van der Waals surface area contributed by atoms with Gasteiger partial charge in [0.25, 0.3) is 0 Å². The number of aromatic nitrogens is 2. The number of halogens is 1. The lowest BCUT2D eigenvalue weighted by molar-refractivity contribution is 0.0688. The van der Waals surface area contributed by atoms with E-state index in [9.17, 15) is 14.3 Å². The normalized spacial score (nSPS) is 11.1. The monoisotopic (exact) mass is 304 g/mol. The van der Waals surface area contributed by atoms with Crippen LogP contribution in [0.15, 0.2) is 29.6 Å². The highest BCUT2D eigenvalue weighted by molar-refractivity contribution is 7.15. The summed E-state index contributed by atoms with van der Waals surface area (Å²) in [7, 11) is 0. The van der Waals surface area contributed by atoms with Gasteiger partial charge in [-0.25, -0.2) is 14.2 Å². The van der Waals surface area contributed by atoms with Crippen molar-refractivity contribution in [3.63, 3.8) is 0 Å². The molecule has 0 fully saturated rings. The molecule has 1 aromatic carbocycles. The number of benzene rings is 1. The number of carbonyl (C=O) groups is 1. The number of rotatable bonds is 4. The van der Waals surface area contributed by atoms with Gasteiger partial charge in [0, 0.05) is 5.38 Å². The average Bonchev–Trinajstić information content (AvgIpc) is 2.98. The maximum atomic E-state index is 13.0. The Morgan fingerprint density at radius 2 is 2.10 bits per heavy atom. The van der Waals surface area contributed by atoms with Crippen LogP contribution >= 0.6 is 11.3 Å². The highest BCUT2D eigenvalue weighted by atomic mass is 32.1. The molecule has 0 amide bonds. The van der Waals surface area contributed by atoms with E-state index in [0.29, 0.717) is 17.1 Å². The molecule has 0 atom stereocenters. The highest BCUT2D eigenvalue weighted by Crippen LogP contribution is 2.29. The lowest BCUT2D eigenvalue weighted by Gasteiger charge is -2.03. The van der Waals surface area contributed by atoms with Crippen LogP contribution < -0.4 is 0 Å². The maximum absolute atomic E-state index is 13.0. The molecule has 4 nitrogen and oxygen atoms in total. The molecule has 0 saturated heterocycles. The Labute approximate surface area is 124 Å². The summed E-state index contributed by atoms with van der Waals surface area (Å²) in [5.41, 5.74) is 2.29. The molecule has 2 aromatic heterocycles. The van der Waals surface area contributed by atoms with E-state index in [0.717, 1.165) is 17.7 Å². The number of carboxylic acid groups (broad SMARTS) is 1. The summed E-state index contributed by atoms with van der Waals surface area (Å²) in [6, 6.07) is 6.01. The van der Waals surface area contributed by atoms with Crippen molar-refractivity contribution in [2.75, 3.05) is 0 Å². The summed E-state index contributed by atoms with van der Waals surface area (Å²) in [5.74, 6) is -1.31. The Morgan fingerprint density at radius 1 is 1.38 bits per heavy atom. The number of thiazole rings is 1. The van der Waals surface area contributed by atoms with Crippen LogP contribution in [0, 0.1) is 5.82 Å². The Bertz CT molecular complexity index is 805. The summed E-state index contributed by atoms with van der Waals surface area (Å²) in [6.45, 7) is 1.99. The van der Waals surface area contributed by atoms with Gasteiger partial charge in [-0.15, -0.1) is 11.3 Å². The first-order chi connectivity index (χ1) is 10.1. The Hall–Kier alpha value is -2.21. The first-order valence-corrected chi connectivity index (χ1v) is 7.47. The minimum absolute atomic E-state index is 0.201. The number of fused-ring (bicyclic) bond motifs is 1. The molecule has 0 spiro atoms. The van der Waals surface area contributed by atoms with Gasteiger partial charge in [-0.3, -0.25) is 4.40 Å². The molecular weight excluding hydrogens is 291 g/mol.